The van der Waals surface area contributed by atoms with E-state index in [4.69, 9.17) is 21.1 Å². The Balaban J connectivity index is 1.51. The molecule has 8 nitrogen and oxygen atoms in total. The average molecular weight is 588 g/mol. The fraction of sp³-hybridized carbons (Fsp3) is 0.148. The van der Waals surface area contributed by atoms with Crippen LogP contribution in [0.3, 0.4) is 0 Å². The molecule has 13 heteroatoms. The minimum absolute atomic E-state index is 0.0164. The lowest BCUT2D eigenvalue weighted by molar-refractivity contribution is -0.137. The summed E-state index contributed by atoms with van der Waals surface area (Å²) < 4.78 is 52.2. The second kappa shape index (κ2) is 11.1. The molecule has 0 saturated heterocycles. The number of aromatic nitrogens is 4. The van der Waals surface area contributed by atoms with E-state index in [1.54, 1.807) is 22.8 Å². The first-order valence-electron chi connectivity index (χ1n) is 11.7. The van der Waals surface area contributed by atoms with Gasteiger partial charge in [0.1, 0.15) is 11.5 Å². The predicted molar refractivity (Wildman–Crippen MR) is 148 cm³/mol. The van der Waals surface area contributed by atoms with E-state index in [1.807, 2.05) is 30.5 Å². The van der Waals surface area contributed by atoms with E-state index in [2.05, 4.69) is 20.5 Å². The van der Waals surface area contributed by atoms with Gasteiger partial charge in [0.05, 0.1) is 41.9 Å². The molecule has 0 aliphatic carbocycles. The van der Waals surface area contributed by atoms with E-state index in [0.717, 1.165) is 46.4 Å². The van der Waals surface area contributed by atoms with Gasteiger partial charge in [0.25, 0.3) is 0 Å². The largest absolute Gasteiger partial charge is 0.497 e. The highest BCUT2D eigenvalue weighted by molar-refractivity contribution is 7.99. The smallest absolute Gasteiger partial charge is 0.416 e. The van der Waals surface area contributed by atoms with Crippen molar-refractivity contribution in [3.05, 3.63) is 77.4 Å². The van der Waals surface area contributed by atoms with Crippen LogP contribution >= 0.6 is 23.4 Å². The van der Waals surface area contributed by atoms with Crippen molar-refractivity contribution in [3.8, 4) is 28.6 Å². The minimum atomic E-state index is -4.58. The third-order valence-electron chi connectivity index (χ3n) is 5.99. The Labute approximate surface area is 235 Å². The number of aromatic amines is 1. The number of carbonyl (C=O) groups excluding carboxylic acids is 1. The Bertz CT molecular complexity index is 1700. The molecule has 0 bridgehead atoms. The van der Waals surface area contributed by atoms with E-state index in [9.17, 15) is 18.0 Å². The molecule has 0 aliphatic heterocycles. The van der Waals surface area contributed by atoms with Crippen LogP contribution in [0.5, 0.6) is 11.5 Å². The molecule has 0 aliphatic rings. The zero-order chi connectivity index (χ0) is 28.4. The molecule has 0 radical (unpaired) electrons. The summed E-state index contributed by atoms with van der Waals surface area (Å²) in [6.45, 7) is 0. The normalized spacial score (nSPS) is 11.6. The van der Waals surface area contributed by atoms with Crippen LogP contribution in [0.4, 0.5) is 18.9 Å². The van der Waals surface area contributed by atoms with E-state index >= 15 is 0 Å². The summed E-state index contributed by atoms with van der Waals surface area (Å²) in [7, 11) is 3.07. The maximum atomic E-state index is 13.1. The van der Waals surface area contributed by atoms with Crippen LogP contribution < -0.4 is 14.8 Å². The van der Waals surface area contributed by atoms with Crippen molar-refractivity contribution in [3.63, 3.8) is 0 Å². The topological polar surface area (TPSA) is 94.1 Å². The monoisotopic (exact) mass is 587 g/mol. The molecular formula is C27H21ClF3N5O3S. The molecule has 0 saturated carbocycles. The Morgan fingerprint density at radius 2 is 1.88 bits per heavy atom. The summed E-state index contributed by atoms with van der Waals surface area (Å²) in [6.07, 6.45) is -2.77. The number of benzene rings is 3. The molecule has 40 heavy (non-hydrogen) atoms. The van der Waals surface area contributed by atoms with Gasteiger partial charge in [0.15, 0.2) is 11.0 Å². The van der Waals surface area contributed by atoms with Crippen molar-refractivity contribution in [1.29, 1.82) is 0 Å². The Hall–Kier alpha value is -4.16. The number of amides is 1. The number of fused-ring (bicyclic) bond motifs is 1. The van der Waals surface area contributed by atoms with E-state index in [-0.39, 0.29) is 16.5 Å². The number of para-hydroxylation sites is 1. The van der Waals surface area contributed by atoms with Gasteiger partial charge in [-0.05, 0) is 36.4 Å². The maximum absolute atomic E-state index is 13.1. The highest BCUT2D eigenvalue weighted by Crippen LogP contribution is 2.37. The fourth-order valence-electron chi connectivity index (χ4n) is 4.10. The number of nitrogens with one attached hydrogen (secondary N) is 2. The summed E-state index contributed by atoms with van der Waals surface area (Å²) in [5.41, 5.74) is 1.16. The summed E-state index contributed by atoms with van der Waals surface area (Å²) in [5, 5.41) is 12.5. The van der Waals surface area contributed by atoms with Crippen molar-refractivity contribution >= 4 is 45.9 Å². The second-order valence-electron chi connectivity index (χ2n) is 8.46. The van der Waals surface area contributed by atoms with Crippen molar-refractivity contribution in [2.24, 2.45) is 0 Å². The van der Waals surface area contributed by atoms with Gasteiger partial charge in [-0.3, -0.25) is 9.36 Å². The average Bonchev–Trinajstić information content (AvgIpc) is 3.56. The van der Waals surface area contributed by atoms with Gasteiger partial charge >= 0.3 is 6.18 Å². The van der Waals surface area contributed by atoms with Crippen molar-refractivity contribution in [2.45, 2.75) is 11.3 Å². The number of H-pyrrole nitrogens is 1. The van der Waals surface area contributed by atoms with Gasteiger partial charge in [0, 0.05) is 28.7 Å². The third kappa shape index (κ3) is 5.45. The molecular weight excluding hydrogens is 567 g/mol. The van der Waals surface area contributed by atoms with Crippen LogP contribution in [0, 0.1) is 0 Å². The number of ether oxygens (including phenoxy) is 2. The number of methoxy groups -OCH3 is 2. The first-order chi connectivity index (χ1) is 19.2. The number of hydrogen-bond acceptors (Lipinski definition) is 6. The molecule has 0 atom stereocenters. The molecule has 0 unspecified atom stereocenters. The number of carbonyl (C=O) groups is 1. The lowest BCUT2D eigenvalue weighted by atomic mass is 10.1. The van der Waals surface area contributed by atoms with Gasteiger partial charge in [-0.15, -0.1) is 10.2 Å². The van der Waals surface area contributed by atoms with Gasteiger partial charge < -0.3 is 19.8 Å². The number of anilines is 1. The maximum Gasteiger partial charge on any atom is 0.416 e. The first-order valence-corrected chi connectivity index (χ1v) is 13.1. The SMILES string of the molecule is COc1ccc(OC)c(-n2c(SCC(=O)Nc3cc(C(F)(F)F)ccc3Cl)nnc2-c2c[nH]c3ccccc23)c1. The Kier molecular flexibility index (Phi) is 7.63. The zero-order valence-corrected chi connectivity index (χ0v) is 22.6. The molecule has 2 N–H and O–H groups in total. The van der Waals surface area contributed by atoms with E-state index in [0.29, 0.717) is 28.2 Å². The third-order valence-corrected chi connectivity index (χ3v) is 7.25. The summed E-state index contributed by atoms with van der Waals surface area (Å²) >= 11 is 7.09. The lowest BCUT2D eigenvalue weighted by Gasteiger charge is -2.15. The molecule has 2 heterocycles. The molecule has 2 aromatic heterocycles. The molecule has 0 spiro atoms. The molecule has 206 valence electrons. The van der Waals surface area contributed by atoms with E-state index < -0.39 is 17.6 Å². The van der Waals surface area contributed by atoms with Crippen LogP contribution in [-0.2, 0) is 11.0 Å². The molecule has 5 aromatic rings. The quantitative estimate of drug-likeness (QED) is 0.193. The second-order valence-corrected chi connectivity index (χ2v) is 9.81. The van der Waals surface area contributed by atoms with Crippen LogP contribution in [0.1, 0.15) is 5.56 Å². The zero-order valence-electron chi connectivity index (χ0n) is 21.0. The van der Waals surface area contributed by atoms with Gasteiger partial charge in [0.2, 0.25) is 5.91 Å². The number of rotatable bonds is 8. The van der Waals surface area contributed by atoms with Crippen molar-refractivity contribution in [2.75, 3.05) is 25.3 Å². The Morgan fingerprint density at radius 3 is 2.62 bits per heavy atom. The van der Waals surface area contributed by atoms with Gasteiger partial charge in [-0.2, -0.15) is 13.2 Å². The summed E-state index contributed by atoms with van der Waals surface area (Å²) in [6, 6.07) is 15.7. The standard InChI is InChI=1S/C27H21ClF3N5O3S/c1-38-16-8-10-23(39-2)22(12-16)36-25(18-13-32-20-6-4-3-5-17(18)20)34-35-26(36)40-14-24(37)33-21-11-15(27(29,30)31)7-9-19(21)28/h3-13,32H,14H2,1-2H3,(H,33,37). The van der Waals surface area contributed by atoms with Crippen LogP contribution in [0.25, 0.3) is 28.0 Å². The van der Waals surface area contributed by atoms with Crippen LogP contribution in [0.2, 0.25) is 5.02 Å². The predicted octanol–water partition coefficient (Wildman–Crippen LogP) is 6.84. The van der Waals surface area contributed by atoms with Crippen LogP contribution in [0.15, 0.2) is 72.0 Å². The molecule has 0 fully saturated rings. The number of nitrogens with zero attached hydrogens (tertiary/aromatic N) is 3. The van der Waals surface area contributed by atoms with Crippen LogP contribution in [-0.4, -0.2) is 45.6 Å². The number of alkyl halides is 3. The van der Waals surface area contributed by atoms with Gasteiger partial charge in [-0.1, -0.05) is 41.6 Å². The summed E-state index contributed by atoms with van der Waals surface area (Å²) in [4.78, 5) is 16.0. The lowest BCUT2D eigenvalue weighted by Crippen LogP contribution is -2.16. The number of halogens is 4. The molecule has 1 amide bonds. The van der Waals surface area contributed by atoms with Crippen molar-refractivity contribution in [1.82, 2.24) is 19.7 Å². The Morgan fingerprint density at radius 1 is 1.07 bits per heavy atom. The highest BCUT2D eigenvalue weighted by Gasteiger charge is 2.31. The number of thioether (sulfide) groups is 1. The van der Waals surface area contributed by atoms with Gasteiger partial charge in [-0.25, -0.2) is 0 Å². The molecule has 5 rings (SSSR count). The highest BCUT2D eigenvalue weighted by atomic mass is 35.5. The number of hydrogen-bond donors (Lipinski definition) is 2. The van der Waals surface area contributed by atoms with Crippen molar-refractivity contribution < 1.29 is 27.4 Å². The summed E-state index contributed by atoms with van der Waals surface area (Å²) in [5.74, 6) is 0.774. The minimum Gasteiger partial charge on any atom is -0.497 e. The first kappa shape index (κ1) is 27.4. The fourth-order valence-corrected chi connectivity index (χ4v) is 5.01. The molecule has 3 aromatic carbocycles. The van der Waals surface area contributed by atoms with E-state index in [1.165, 1.54) is 14.2 Å².